The van der Waals surface area contributed by atoms with Crippen molar-refractivity contribution >= 4 is 28.6 Å². The van der Waals surface area contributed by atoms with Crippen molar-refractivity contribution in [2.24, 2.45) is 0 Å². The van der Waals surface area contributed by atoms with Gasteiger partial charge in [0.2, 0.25) is 0 Å². The first kappa shape index (κ1) is 18.6. The summed E-state index contributed by atoms with van der Waals surface area (Å²) in [7, 11) is 4.09. The second-order valence-corrected chi connectivity index (χ2v) is 8.21. The summed E-state index contributed by atoms with van der Waals surface area (Å²) in [6.07, 6.45) is 1.04. The van der Waals surface area contributed by atoms with Gasteiger partial charge in [-0.25, -0.2) is 0 Å². The standard InChI is InChI=1S/C23H25N3OS/c1-25(2)19-11-9-18(10-12-19)21(16-24-23(27)22-8-5-15-28-22)26-14-13-17-6-3-4-7-20(17)26/h3-12,15,21H,13-14,16H2,1-2H3,(H,24,27). The maximum Gasteiger partial charge on any atom is 0.261 e. The van der Waals surface area contributed by atoms with Crippen LogP contribution in [0.4, 0.5) is 11.4 Å². The van der Waals surface area contributed by atoms with E-state index in [4.69, 9.17) is 0 Å². The molecule has 0 saturated heterocycles. The Bertz CT molecular complexity index is 935. The number of benzene rings is 2. The van der Waals surface area contributed by atoms with Crippen LogP contribution in [0.3, 0.4) is 0 Å². The van der Waals surface area contributed by atoms with Crippen LogP contribution in [0, 0.1) is 0 Å². The number of fused-ring (bicyclic) bond motifs is 1. The number of nitrogens with zero attached hydrogens (tertiary/aromatic N) is 2. The minimum absolute atomic E-state index is 0.00241. The molecular weight excluding hydrogens is 366 g/mol. The third-order valence-electron chi connectivity index (χ3n) is 5.29. The first-order valence-corrected chi connectivity index (χ1v) is 10.4. The summed E-state index contributed by atoms with van der Waals surface area (Å²) in [5, 5.41) is 5.08. The lowest BCUT2D eigenvalue weighted by molar-refractivity contribution is 0.0955. The molecule has 5 heteroatoms. The van der Waals surface area contributed by atoms with Crippen LogP contribution in [0.25, 0.3) is 0 Å². The molecule has 3 aromatic rings. The number of rotatable bonds is 6. The lowest BCUT2D eigenvalue weighted by Gasteiger charge is -2.31. The zero-order chi connectivity index (χ0) is 19.5. The number of hydrogen-bond acceptors (Lipinski definition) is 4. The van der Waals surface area contributed by atoms with Gasteiger partial charge in [0.25, 0.3) is 5.91 Å². The van der Waals surface area contributed by atoms with E-state index in [1.807, 2.05) is 31.6 Å². The quantitative estimate of drug-likeness (QED) is 0.679. The third kappa shape index (κ3) is 3.76. The zero-order valence-electron chi connectivity index (χ0n) is 16.3. The number of para-hydroxylation sites is 1. The molecule has 0 fully saturated rings. The molecule has 2 heterocycles. The van der Waals surface area contributed by atoms with Crippen molar-refractivity contribution in [3.8, 4) is 0 Å². The highest BCUT2D eigenvalue weighted by Gasteiger charge is 2.27. The highest BCUT2D eigenvalue weighted by Crippen LogP contribution is 2.35. The smallest absolute Gasteiger partial charge is 0.261 e. The highest BCUT2D eigenvalue weighted by atomic mass is 32.1. The molecular formula is C23H25N3OS. The molecule has 1 N–H and O–H groups in total. The summed E-state index contributed by atoms with van der Waals surface area (Å²) in [6, 6.07) is 21.1. The van der Waals surface area contributed by atoms with E-state index in [-0.39, 0.29) is 11.9 Å². The van der Waals surface area contributed by atoms with Crippen LogP contribution in [-0.2, 0) is 6.42 Å². The second-order valence-electron chi connectivity index (χ2n) is 7.26. The Kier molecular flexibility index (Phi) is 5.35. The van der Waals surface area contributed by atoms with Crippen LogP contribution < -0.4 is 15.1 Å². The molecule has 0 radical (unpaired) electrons. The minimum atomic E-state index is -0.00241. The lowest BCUT2D eigenvalue weighted by atomic mass is 10.0. The fourth-order valence-corrected chi connectivity index (χ4v) is 4.41. The molecule has 0 bridgehead atoms. The Morgan fingerprint density at radius 3 is 2.61 bits per heavy atom. The summed E-state index contributed by atoms with van der Waals surface area (Å²) < 4.78 is 0. The number of carbonyl (C=O) groups excluding carboxylic acids is 1. The lowest BCUT2D eigenvalue weighted by Crippen LogP contribution is -2.37. The van der Waals surface area contributed by atoms with Gasteiger partial charge in [0, 0.05) is 38.6 Å². The molecule has 28 heavy (non-hydrogen) atoms. The van der Waals surface area contributed by atoms with E-state index < -0.39 is 0 Å². The van der Waals surface area contributed by atoms with Crippen molar-refractivity contribution in [1.29, 1.82) is 0 Å². The molecule has 2 aromatic carbocycles. The first-order chi connectivity index (χ1) is 13.6. The molecule has 1 atom stereocenters. The van der Waals surface area contributed by atoms with Gasteiger partial charge in [0.15, 0.2) is 0 Å². The number of nitrogens with one attached hydrogen (secondary N) is 1. The largest absolute Gasteiger partial charge is 0.378 e. The molecule has 0 aliphatic carbocycles. The number of hydrogen-bond donors (Lipinski definition) is 1. The molecule has 1 unspecified atom stereocenters. The molecule has 4 nitrogen and oxygen atoms in total. The zero-order valence-corrected chi connectivity index (χ0v) is 17.1. The minimum Gasteiger partial charge on any atom is -0.378 e. The van der Waals surface area contributed by atoms with E-state index in [0.29, 0.717) is 6.54 Å². The average molecular weight is 392 g/mol. The number of anilines is 2. The van der Waals surface area contributed by atoms with Crippen molar-refractivity contribution in [3.05, 3.63) is 82.0 Å². The van der Waals surface area contributed by atoms with Crippen LogP contribution in [0.1, 0.15) is 26.8 Å². The van der Waals surface area contributed by atoms with Gasteiger partial charge in [-0.3, -0.25) is 4.79 Å². The van der Waals surface area contributed by atoms with Crippen LogP contribution in [0.2, 0.25) is 0 Å². The maximum atomic E-state index is 12.5. The molecule has 144 valence electrons. The Morgan fingerprint density at radius 1 is 1.11 bits per heavy atom. The summed E-state index contributed by atoms with van der Waals surface area (Å²) in [4.78, 5) is 17.8. The first-order valence-electron chi connectivity index (χ1n) is 9.57. The second kappa shape index (κ2) is 8.07. The maximum absolute atomic E-state index is 12.5. The van der Waals surface area contributed by atoms with E-state index in [1.165, 1.54) is 33.8 Å². The third-order valence-corrected chi connectivity index (χ3v) is 6.16. The Morgan fingerprint density at radius 2 is 1.89 bits per heavy atom. The number of thiophene rings is 1. The van der Waals surface area contributed by atoms with Crippen molar-refractivity contribution in [2.75, 3.05) is 37.0 Å². The van der Waals surface area contributed by atoms with Gasteiger partial charge in [-0.05, 0) is 47.2 Å². The summed E-state index contributed by atoms with van der Waals surface area (Å²) in [5.41, 5.74) is 5.04. The van der Waals surface area contributed by atoms with Gasteiger partial charge in [-0.1, -0.05) is 36.4 Å². The van der Waals surface area contributed by atoms with E-state index in [0.717, 1.165) is 17.8 Å². The van der Waals surface area contributed by atoms with Gasteiger partial charge in [-0.15, -0.1) is 11.3 Å². The van der Waals surface area contributed by atoms with E-state index in [9.17, 15) is 4.79 Å². The number of carbonyl (C=O) groups is 1. The van der Waals surface area contributed by atoms with Gasteiger partial charge in [0.05, 0.1) is 10.9 Å². The molecule has 1 aliphatic heterocycles. The van der Waals surface area contributed by atoms with Crippen molar-refractivity contribution in [1.82, 2.24) is 5.32 Å². The Hall–Kier alpha value is -2.79. The van der Waals surface area contributed by atoms with Crippen molar-refractivity contribution in [3.63, 3.8) is 0 Å². The molecule has 0 spiro atoms. The number of amides is 1. The topological polar surface area (TPSA) is 35.6 Å². The molecule has 4 rings (SSSR count). The van der Waals surface area contributed by atoms with Gasteiger partial charge >= 0.3 is 0 Å². The fraction of sp³-hybridized carbons (Fsp3) is 0.261. The average Bonchev–Trinajstić information content (AvgIpc) is 3.39. The van der Waals surface area contributed by atoms with Gasteiger partial charge < -0.3 is 15.1 Å². The monoisotopic (exact) mass is 391 g/mol. The van der Waals surface area contributed by atoms with Crippen molar-refractivity contribution < 1.29 is 4.79 Å². The van der Waals surface area contributed by atoms with E-state index in [1.54, 1.807) is 0 Å². The summed E-state index contributed by atoms with van der Waals surface area (Å²) in [6.45, 7) is 1.54. The molecule has 1 amide bonds. The summed E-state index contributed by atoms with van der Waals surface area (Å²) in [5.74, 6) is -0.00241. The van der Waals surface area contributed by atoms with Crippen LogP contribution in [0.5, 0.6) is 0 Å². The van der Waals surface area contributed by atoms with Crippen LogP contribution in [-0.4, -0.2) is 33.1 Å². The predicted molar refractivity (Wildman–Crippen MR) is 118 cm³/mol. The molecule has 1 aliphatic rings. The van der Waals surface area contributed by atoms with Crippen LogP contribution in [0.15, 0.2) is 66.0 Å². The van der Waals surface area contributed by atoms with E-state index in [2.05, 4.69) is 63.6 Å². The SMILES string of the molecule is CN(C)c1ccc(C(CNC(=O)c2cccs2)N2CCc3ccccc32)cc1. The predicted octanol–water partition coefficient (Wildman–Crippen LogP) is 4.35. The Balaban J connectivity index is 1.60. The Labute approximate surface area is 170 Å². The van der Waals surface area contributed by atoms with Gasteiger partial charge in [-0.2, -0.15) is 0 Å². The van der Waals surface area contributed by atoms with Crippen molar-refractivity contribution in [2.45, 2.75) is 12.5 Å². The summed E-state index contributed by atoms with van der Waals surface area (Å²) >= 11 is 1.47. The van der Waals surface area contributed by atoms with Gasteiger partial charge in [0.1, 0.15) is 0 Å². The molecule has 0 saturated carbocycles. The normalized spacial score (nSPS) is 13.9. The van der Waals surface area contributed by atoms with Crippen LogP contribution >= 0.6 is 11.3 Å². The molecule has 1 aromatic heterocycles. The highest BCUT2D eigenvalue weighted by molar-refractivity contribution is 7.12. The fourth-order valence-electron chi connectivity index (χ4n) is 3.77. The van der Waals surface area contributed by atoms with E-state index >= 15 is 0 Å².